The van der Waals surface area contributed by atoms with Crippen molar-refractivity contribution in [3.63, 3.8) is 0 Å². The molecule has 1 aliphatic carbocycles. The number of carbonyl (C=O) groups excluding carboxylic acids is 1. The van der Waals surface area contributed by atoms with Crippen molar-refractivity contribution < 1.29 is 18.3 Å². The molecule has 138 valence electrons. The van der Waals surface area contributed by atoms with Gasteiger partial charge in [0, 0.05) is 18.0 Å². The average Bonchev–Trinajstić information content (AvgIpc) is 3.41. The maximum atomic E-state index is 12.6. The molecular weight excluding hydrogens is 385 g/mol. The molecule has 0 bridgehead atoms. The molecule has 1 amide bonds. The van der Waals surface area contributed by atoms with Crippen molar-refractivity contribution in [3.8, 4) is 5.75 Å². The second-order valence-corrected chi connectivity index (χ2v) is 6.93. The van der Waals surface area contributed by atoms with E-state index in [0.717, 1.165) is 19.3 Å². The van der Waals surface area contributed by atoms with Crippen LogP contribution in [0.15, 0.2) is 30.6 Å². The van der Waals surface area contributed by atoms with Gasteiger partial charge in [-0.25, -0.2) is 0 Å². The topological polar surface area (TPSA) is 51.2 Å². The van der Waals surface area contributed by atoms with Crippen molar-refractivity contribution >= 4 is 34.8 Å². The van der Waals surface area contributed by atoms with Gasteiger partial charge < -0.3 is 10.1 Å². The Hall–Kier alpha value is -1.92. The Morgan fingerprint density at radius 2 is 1.96 bits per heavy atom. The monoisotopic (exact) mass is 400 g/mol. The molecule has 3 rings (SSSR count). The van der Waals surface area contributed by atoms with Gasteiger partial charge in [-0.1, -0.05) is 36.0 Å². The van der Waals surface area contributed by atoms with E-state index in [1.807, 2.05) is 0 Å². The lowest BCUT2D eigenvalue weighted by molar-refractivity contribution is -0.0504. The molecule has 0 aliphatic heterocycles. The van der Waals surface area contributed by atoms with Crippen LogP contribution in [0.3, 0.4) is 0 Å². The van der Waals surface area contributed by atoms with Crippen LogP contribution in [0.2, 0.25) is 10.0 Å². The Bertz CT molecular complexity index is 794. The number of amides is 1. The summed E-state index contributed by atoms with van der Waals surface area (Å²) in [6.45, 7) is -2.91. The first kappa shape index (κ1) is 18.9. The summed E-state index contributed by atoms with van der Waals surface area (Å²) in [5.74, 6) is 0.273. The van der Waals surface area contributed by atoms with E-state index in [1.165, 1.54) is 24.5 Å². The number of carbonyl (C=O) groups is 1. The number of ether oxygens (including phenoxy) is 1. The smallest absolute Gasteiger partial charge is 0.387 e. The number of halogens is 4. The fourth-order valence-electron chi connectivity index (χ4n) is 2.61. The number of alkyl halides is 2. The molecule has 1 fully saturated rings. The number of hydrogen-bond donors (Lipinski definition) is 1. The van der Waals surface area contributed by atoms with Gasteiger partial charge in [0.25, 0.3) is 5.91 Å². The largest absolute Gasteiger partial charge is 0.435 e. The Morgan fingerprint density at radius 1 is 1.27 bits per heavy atom. The van der Waals surface area contributed by atoms with Gasteiger partial charge >= 0.3 is 6.61 Å². The van der Waals surface area contributed by atoms with Crippen LogP contribution in [0.1, 0.15) is 35.2 Å². The summed E-state index contributed by atoms with van der Waals surface area (Å²) in [5, 5.41) is 3.04. The zero-order valence-corrected chi connectivity index (χ0v) is 15.2. The first-order valence-electron chi connectivity index (χ1n) is 8.12. The van der Waals surface area contributed by atoms with Gasteiger partial charge in [0.1, 0.15) is 5.75 Å². The summed E-state index contributed by atoms with van der Waals surface area (Å²) in [6.07, 6.45) is 6.50. The maximum Gasteiger partial charge on any atom is 0.387 e. The molecule has 1 aromatic carbocycles. The molecule has 0 radical (unpaired) electrons. The summed E-state index contributed by atoms with van der Waals surface area (Å²) in [4.78, 5) is 16.3. The fraction of sp³-hybridized carbons (Fsp3) is 0.333. The molecule has 4 nitrogen and oxygen atoms in total. The third-order valence-corrected chi connectivity index (χ3v) is 4.72. The van der Waals surface area contributed by atoms with Crippen LogP contribution in [0.4, 0.5) is 14.5 Å². The second-order valence-electron chi connectivity index (χ2n) is 6.12. The van der Waals surface area contributed by atoms with E-state index in [1.54, 1.807) is 6.07 Å². The van der Waals surface area contributed by atoms with E-state index in [2.05, 4.69) is 15.0 Å². The summed E-state index contributed by atoms with van der Waals surface area (Å²) >= 11 is 12.0. The van der Waals surface area contributed by atoms with E-state index in [0.29, 0.717) is 23.5 Å². The van der Waals surface area contributed by atoms with E-state index in [9.17, 15) is 13.6 Å². The predicted octanol–water partition coefficient (Wildman–Crippen LogP) is 5.58. The van der Waals surface area contributed by atoms with Crippen LogP contribution in [0, 0.1) is 5.92 Å². The quantitative estimate of drug-likeness (QED) is 0.659. The predicted molar refractivity (Wildman–Crippen MR) is 96.3 cm³/mol. The molecule has 1 N–H and O–H groups in total. The molecule has 0 spiro atoms. The van der Waals surface area contributed by atoms with Crippen LogP contribution in [0.25, 0.3) is 0 Å². The standard InChI is InChI=1S/C18H16Cl2F2N2O2/c19-13-8-23-9-14(20)16(13)24-17(25)12-5-6-15(26-18(21)22)11(7-12)4-3-10-1-2-10/h5-10,18H,1-4H2,(H,23,24,25). The van der Waals surface area contributed by atoms with Crippen molar-refractivity contribution in [2.75, 3.05) is 5.32 Å². The number of benzene rings is 1. The minimum Gasteiger partial charge on any atom is -0.435 e. The first-order chi connectivity index (χ1) is 12.4. The number of anilines is 1. The third kappa shape index (κ3) is 4.83. The Morgan fingerprint density at radius 3 is 2.58 bits per heavy atom. The zero-order chi connectivity index (χ0) is 18.7. The summed E-state index contributed by atoms with van der Waals surface area (Å²) < 4.78 is 29.8. The van der Waals surface area contributed by atoms with Gasteiger partial charge in [-0.2, -0.15) is 8.78 Å². The Balaban J connectivity index is 1.81. The molecule has 1 saturated carbocycles. The summed E-state index contributed by atoms with van der Waals surface area (Å²) in [5.41, 5.74) is 1.14. The normalized spacial score (nSPS) is 13.7. The molecule has 1 aliphatic rings. The number of nitrogens with one attached hydrogen (secondary N) is 1. The second kappa shape index (κ2) is 8.18. The summed E-state index contributed by atoms with van der Waals surface area (Å²) in [6, 6.07) is 4.38. The van der Waals surface area contributed by atoms with Gasteiger partial charge in [-0.15, -0.1) is 0 Å². The van der Waals surface area contributed by atoms with Gasteiger partial charge in [0.15, 0.2) is 0 Å². The average molecular weight is 401 g/mol. The van der Waals surface area contributed by atoms with Crippen LogP contribution in [-0.4, -0.2) is 17.5 Å². The minimum atomic E-state index is -2.91. The van der Waals surface area contributed by atoms with Crippen molar-refractivity contribution in [2.24, 2.45) is 5.92 Å². The summed E-state index contributed by atoms with van der Waals surface area (Å²) in [7, 11) is 0. The van der Waals surface area contributed by atoms with Crippen molar-refractivity contribution in [2.45, 2.75) is 32.3 Å². The highest BCUT2D eigenvalue weighted by atomic mass is 35.5. The van der Waals surface area contributed by atoms with Crippen molar-refractivity contribution in [3.05, 3.63) is 51.8 Å². The highest BCUT2D eigenvalue weighted by Crippen LogP contribution is 2.35. The number of hydrogen-bond acceptors (Lipinski definition) is 3. The lowest BCUT2D eigenvalue weighted by Crippen LogP contribution is -2.14. The molecular formula is C18H16Cl2F2N2O2. The minimum absolute atomic E-state index is 0.0946. The van der Waals surface area contributed by atoms with Crippen molar-refractivity contribution in [1.82, 2.24) is 4.98 Å². The van der Waals surface area contributed by atoms with Gasteiger partial charge in [0.05, 0.1) is 15.7 Å². The molecule has 1 heterocycles. The van der Waals surface area contributed by atoms with E-state index >= 15 is 0 Å². The lowest BCUT2D eigenvalue weighted by Gasteiger charge is -2.13. The van der Waals surface area contributed by atoms with Crippen LogP contribution in [0.5, 0.6) is 5.75 Å². The molecule has 2 aromatic rings. The van der Waals surface area contributed by atoms with Crippen LogP contribution in [-0.2, 0) is 6.42 Å². The number of aromatic nitrogens is 1. The molecule has 26 heavy (non-hydrogen) atoms. The molecule has 0 atom stereocenters. The highest BCUT2D eigenvalue weighted by Gasteiger charge is 2.22. The van der Waals surface area contributed by atoms with Gasteiger partial charge in [-0.3, -0.25) is 9.78 Å². The van der Waals surface area contributed by atoms with E-state index in [4.69, 9.17) is 23.2 Å². The van der Waals surface area contributed by atoms with Crippen LogP contribution >= 0.6 is 23.2 Å². The number of aryl methyl sites for hydroxylation is 1. The Labute approximate surface area is 159 Å². The zero-order valence-electron chi connectivity index (χ0n) is 13.6. The van der Waals surface area contributed by atoms with E-state index < -0.39 is 12.5 Å². The third-order valence-electron chi connectivity index (χ3n) is 4.15. The molecule has 0 unspecified atom stereocenters. The SMILES string of the molecule is O=C(Nc1c(Cl)cncc1Cl)c1ccc(OC(F)F)c(CCC2CC2)c1. The molecule has 0 saturated heterocycles. The lowest BCUT2D eigenvalue weighted by atomic mass is 10.0. The highest BCUT2D eigenvalue weighted by molar-refractivity contribution is 6.39. The molecule has 1 aromatic heterocycles. The fourth-order valence-corrected chi connectivity index (χ4v) is 3.07. The van der Waals surface area contributed by atoms with E-state index in [-0.39, 0.29) is 21.5 Å². The van der Waals surface area contributed by atoms with Crippen molar-refractivity contribution in [1.29, 1.82) is 0 Å². The maximum absolute atomic E-state index is 12.6. The van der Waals surface area contributed by atoms with Gasteiger partial charge in [-0.05, 0) is 42.5 Å². The number of rotatable bonds is 7. The number of nitrogens with zero attached hydrogens (tertiary/aromatic N) is 1. The van der Waals surface area contributed by atoms with Gasteiger partial charge in [0.2, 0.25) is 0 Å². The van der Waals surface area contributed by atoms with Crippen LogP contribution < -0.4 is 10.1 Å². The first-order valence-corrected chi connectivity index (χ1v) is 8.87. The molecule has 8 heteroatoms. The Kier molecular flexibility index (Phi) is 5.94. The number of pyridine rings is 1.